The van der Waals surface area contributed by atoms with Crippen molar-refractivity contribution < 1.29 is 4.74 Å². The Labute approximate surface area is 90.2 Å². The second-order valence-electron chi connectivity index (χ2n) is 2.83. The highest BCUT2D eigenvalue weighted by Gasteiger charge is 2.23. The first-order valence-corrected chi connectivity index (χ1v) is 5.71. The van der Waals surface area contributed by atoms with E-state index in [1.54, 1.807) is 0 Å². The maximum Gasteiger partial charge on any atom is 0.141 e. The van der Waals surface area contributed by atoms with Crippen LogP contribution in [0.25, 0.3) is 0 Å². The summed E-state index contributed by atoms with van der Waals surface area (Å²) in [7, 11) is 0. The van der Waals surface area contributed by atoms with Gasteiger partial charge in [-0.25, -0.2) is 0 Å². The standard InChI is InChI=1S/C9H8ClIO/c10-8-3-1-2-6-4-7(5-11)12-9(6)8/h1-3,7H,4-5H2. The number of fused-ring (bicyclic) bond motifs is 1. The molecule has 0 radical (unpaired) electrons. The van der Waals surface area contributed by atoms with Crippen LogP contribution in [0.15, 0.2) is 18.2 Å². The smallest absolute Gasteiger partial charge is 0.141 e. The van der Waals surface area contributed by atoms with Crippen LogP contribution in [0.2, 0.25) is 5.02 Å². The summed E-state index contributed by atoms with van der Waals surface area (Å²) in [5.74, 6) is 0.890. The van der Waals surface area contributed by atoms with Crippen molar-refractivity contribution >= 4 is 34.2 Å². The Hall–Kier alpha value is 0.0400. The minimum Gasteiger partial charge on any atom is -0.487 e. The van der Waals surface area contributed by atoms with Crippen LogP contribution < -0.4 is 4.74 Å². The third-order valence-corrected chi connectivity index (χ3v) is 3.23. The quantitative estimate of drug-likeness (QED) is 0.571. The van der Waals surface area contributed by atoms with Gasteiger partial charge in [-0.15, -0.1) is 0 Å². The molecule has 0 bridgehead atoms. The molecule has 1 heterocycles. The van der Waals surface area contributed by atoms with Crippen molar-refractivity contribution in [3.8, 4) is 5.75 Å². The Morgan fingerprint density at radius 3 is 3.08 bits per heavy atom. The number of ether oxygens (including phenoxy) is 1. The van der Waals surface area contributed by atoms with Crippen LogP contribution in [-0.4, -0.2) is 10.5 Å². The molecule has 1 aliphatic heterocycles. The highest BCUT2D eigenvalue weighted by atomic mass is 127. The molecule has 3 heteroatoms. The SMILES string of the molecule is Clc1cccc2c1OC(CI)C2. The number of rotatable bonds is 1. The van der Waals surface area contributed by atoms with Crippen molar-refractivity contribution in [1.29, 1.82) is 0 Å². The first-order valence-electron chi connectivity index (χ1n) is 3.81. The van der Waals surface area contributed by atoms with Crippen molar-refractivity contribution in [1.82, 2.24) is 0 Å². The molecule has 0 spiro atoms. The Morgan fingerprint density at radius 1 is 1.58 bits per heavy atom. The van der Waals surface area contributed by atoms with E-state index in [2.05, 4.69) is 28.7 Å². The van der Waals surface area contributed by atoms with E-state index >= 15 is 0 Å². The molecule has 0 saturated carbocycles. The zero-order valence-corrected chi connectivity index (χ0v) is 9.30. The molecule has 0 amide bonds. The van der Waals surface area contributed by atoms with Gasteiger partial charge in [-0.05, 0) is 11.6 Å². The summed E-state index contributed by atoms with van der Waals surface area (Å²) in [5.41, 5.74) is 1.24. The average molecular weight is 295 g/mol. The lowest BCUT2D eigenvalue weighted by Crippen LogP contribution is -2.13. The van der Waals surface area contributed by atoms with Gasteiger partial charge < -0.3 is 4.74 Å². The molecule has 0 saturated heterocycles. The highest BCUT2D eigenvalue weighted by Crippen LogP contribution is 2.35. The lowest BCUT2D eigenvalue weighted by molar-refractivity contribution is 0.262. The van der Waals surface area contributed by atoms with Crippen LogP contribution >= 0.6 is 34.2 Å². The topological polar surface area (TPSA) is 9.23 Å². The summed E-state index contributed by atoms with van der Waals surface area (Å²) in [5, 5.41) is 0.736. The molecule has 0 N–H and O–H groups in total. The molecule has 1 unspecified atom stereocenters. The summed E-state index contributed by atoms with van der Waals surface area (Å²) in [6, 6.07) is 5.92. The molecule has 0 aliphatic carbocycles. The van der Waals surface area contributed by atoms with Gasteiger partial charge in [-0.1, -0.05) is 46.3 Å². The second kappa shape index (κ2) is 3.42. The van der Waals surface area contributed by atoms with Crippen LogP contribution in [0.3, 0.4) is 0 Å². The number of halogens is 2. The van der Waals surface area contributed by atoms with Gasteiger partial charge in [0.05, 0.1) is 5.02 Å². The molecule has 1 atom stereocenters. The molecule has 2 rings (SSSR count). The van der Waals surface area contributed by atoms with Crippen LogP contribution in [0, 0.1) is 0 Å². The Balaban J connectivity index is 2.35. The van der Waals surface area contributed by atoms with E-state index in [9.17, 15) is 0 Å². The molecular formula is C9H8ClIO. The Morgan fingerprint density at radius 2 is 2.42 bits per heavy atom. The normalized spacial score (nSPS) is 20.3. The first-order chi connectivity index (χ1) is 5.81. The maximum absolute atomic E-state index is 5.96. The van der Waals surface area contributed by atoms with Gasteiger partial charge in [0.2, 0.25) is 0 Å². The van der Waals surface area contributed by atoms with Gasteiger partial charge in [0.1, 0.15) is 11.9 Å². The van der Waals surface area contributed by atoms with Crippen LogP contribution in [0.5, 0.6) is 5.75 Å². The molecule has 1 nitrogen and oxygen atoms in total. The number of hydrogen-bond donors (Lipinski definition) is 0. The van der Waals surface area contributed by atoms with E-state index in [-0.39, 0.29) is 0 Å². The fourth-order valence-corrected chi connectivity index (χ4v) is 2.12. The Bertz CT molecular complexity index is 301. The fraction of sp³-hybridized carbons (Fsp3) is 0.333. The van der Waals surface area contributed by atoms with E-state index in [0.29, 0.717) is 6.10 Å². The van der Waals surface area contributed by atoms with E-state index in [1.807, 2.05) is 12.1 Å². The monoisotopic (exact) mass is 294 g/mol. The summed E-state index contributed by atoms with van der Waals surface area (Å²) < 4.78 is 6.66. The highest BCUT2D eigenvalue weighted by molar-refractivity contribution is 14.1. The molecule has 12 heavy (non-hydrogen) atoms. The summed E-state index contributed by atoms with van der Waals surface area (Å²) in [6.45, 7) is 0. The lowest BCUT2D eigenvalue weighted by atomic mass is 10.1. The zero-order valence-electron chi connectivity index (χ0n) is 6.39. The fourth-order valence-electron chi connectivity index (χ4n) is 1.39. The molecular weight excluding hydrogens is 286 g/mol. The molecule has 0 aromatic heterocycles. The molecule has 0 fully saturated rings. The lowest BCUT2D eigenvalue weighted by Gasteiger charge is -2.05. The van der Waals surface area contributed by atoms with E-state index in [1.165, 1.54) is 5.56 Å². The number of benzene rings is 1. The third-order valence-electron chi connectivity index (χ3n) is 1.95. The number of hydrogen-bond acceptors (Lipinski definition) is 1. The molecule has 1 aliphatic rings. The van der Waals surface area contributed by atoms with E-state index in [0.717, 1.165) is 21.6 Å². The predicted molar refractivity (Wildman–Crippen MR) is 58.5 cm³/mol. The van der Waals surface area contributed by atoms with Gasteiger partial charge in [-0.3, -0.25) is 0 Å². The van der Waals surface area contributed by atoms with Crippen LogP contribution in [-0.2, 0) is 6.42 Å². The molecule has 1 aromatic rings. The van der Waals surface area contributed by atoms with Crippen molar-refractivity contribution in [3.05, 3.63) is 28.8 Å². The third kappa shape index (κ3) is 1.42. The van der Waals surface area contributed by atoms with Crippen molar-refractivity contribution in [3.63, 3.8) is 0 Å². The minimum atomic E-state index is 0.320. The predicted octanol–water partition coefficient (Wildman–Crippen LogP) is 3.08. The summed E-state index contributed by atoms with van der Waals surface area (Å²) in [4.78, 5) is 0. The van der Waals surface area contributed by atoms with Crippen molar-refractivity contribution in [2.75, 3.05) is 4.43 Å². The summed E-state index contributed by atoms with van der Waals surface area (Å²) in [6.07, 6.45) is 1.32. The maximum atomic E-state index is 5.96. The molecule has 1 aromatic carbocycles. The zero-order chi connectivity index (χ0) is 8.55. The second-order valence-corrected chi connectivity index (χ2v) is 4.11. The van der Waals surface area contributed by atoms with Gasteiger partial charge in [0.15, 0.2) is 0 Å². The van der Waals surface area contributed by atoms with Gasteiger partial charge in [-0.2, -0.15) is 0 Å². The van der Waals surface area contributed by atoms with Crippen molar-refractivity contribution in [2.24, 2.45) is 0 Å². The largest absolute Gasteiger partial charge is 0.487 e. The average Bonchev–Trinajstić information content (AvgIpc) is 2.49. The van der Waals surface area contributed by atoms with Gasteiger partial charge in [0.25, 0.3) is 0 Å². The Kier molecular flexibility index (Phi) is 2.46. The summed E-state index contributed by atoms with van der Waals surface area (Å²) >= 11 is 8.30. The molecule has 64 valence electrons. The van der Waals surface area contributed by atoms with Crippen LogP contribution in [0.1, 0.15) is 5.56 Å². The van der Waals surface area contributed by atoms with Crippen molar-refractivity contribution in [2.45, 2.75) is 12.5 Å². The van der Waals surface area contributed by atoms with Gasteiger partial charge in [0, 0.05) is 10.8 Å². The number of para-hydroxylation sites is 1. The van der Waals surface area contributed by atoms with E-state index < -0.39 is 0 Å². The van der Waals surface area contributed by atoms with E-state index in [4.69, 9.17) is 16.3 Å². The first kappa shape index (κ1) is 8.63. The van der Waals surface area contributed by atoms with Gasteiger partial charge >= 0.3 is 0 Å². The van der Waals surface area contributed by atoms with Crippen LogP contribution in [0.4, 0.5) is 0 Å². The number of alkyl halides is 1. The minimum absolute atomic E-state index is 0.320.